The van der Waals surface area contributed by atoms with Crippen LogP contribution in [0.1, 0.15) is 19.5 Å². The van der Waals surface area contributed by atoms with E-state index >= 15 is 0 Å². The number of hydrogen-bond donors (Lipinski definition) is 3. The van der Waals surface area contributed by atoms with Gasteiger partial charge in [-0.25, -0.2) is 4.98 Å². The van der Waals surface area contributed by atoms with Gasteiger partial charge in [-0.1, -0.05) is 13.8 Å². The van der Waals surface area contributed by atoms with Crippen molar-refractivity contribution in [1.82, 2.24) is 9.97 Å². The number of alkyl halides is 3. The summed E-state index contributed by atoms with van der Waals surface area (Å²) in [6.45, 7) is 3.28. The summed E-state index contributed by atoms with van der Waals surface area (Å²) in [6.07, 6.45) is -4.70. The van der Waals surface area contributed by atoms with Gasteiger partial charge in [-0.2, -0.15) is 18.2 Å². The molecule has 8 nitrogen and oxygen atoms in total. The lowest BCUT2D eigenvalue weighted by Gasteiger charge is -2.21. The molecule has 0 aliphatic heterocycles. The zero-order valence-corrected chi connectivity index (χ0v) is 14.5. The van der Waals surface area contributed by atoms with Crippen molar-refractivity contribution in [3.05, 3.63) is 46.1 Å². The number of nitrogens with one attached hydrogen (secondary N) is 2. The van der Waals surface area contributed by atoms with Crippen LogP contribution < -0.4 is 10.6 Å². The molecule has 2 aromatic rings. The predicted octanol–water partition coefficient (Wildman–Crippen LogP) is 3.58. The van der Waals surface area contributed by atoms with E-state index in [0.29, 0.717) is 5.69 Å². The molecule has 0 spiro atoms. The molecule has 0 saturated carbocycles. The average Bonchev–Trinajstić information content (AvgIpc) is 2.59. The van der Waals surface area contributed by atoms with Crippen LogP contribution in [0.25, 0.3) is 0 Å². The summed E-state index contributed by atoms with van der Waals surface area (Å²) in [6, 6.07) is 5.34. The third-order valence-corrected chi connectivity index (χ3v) is 3.68. The molecule has 2 rings (SSSR count). The number of rotatable bonds is 7. The first-order valence-electron chi connectivity index (χ1n) is 7.95. The predicted molar refractivity (Wildman–Crippen MR) is 92.7 cm³/mol. The minimum atomic E-state index is -4.70. The van der Waals surface area contributed by atoms with Crippen LogP contribution in [0.3, 0.4) is 0 Å². The molecule has 0 radical (unpaired) electrons. The van der Waals surface area contributed by atoms with Crippen LogP contribution in [-0.2, 0) is 6.18 Å². The molecule has 0 aliphatic rings. The lowest BCUT2D eigenvalue weighted by molar-refractivity contribution is -0.384. The van der Waals surface area contributed by atoms with Crippen molar-refractivity contribution in [2.24, 2.45) is 5.92 Å². The Labute approximate surface area is 152 Å². The van der Waals surface area contributed by atoms with Crippen molar-refractivity contribution >= 4 is 23.1 Å². The van der Waals surface area contributed by atoms with E-state index in [4.69, 9.17) is 0 Å². The Balaban J connectivity index is 2.34. The van der Waals surface area contributed by atoms with Crippen molar-refractivity contribution in [3.63, 3.8) is 0 Å². The number of aliphatic hydroxyl groups is 1. The fraction of sp³-hybridized carbons (Fsp3) is 0.375. The largest absolute Gasteiger partial charge is 0.433 e. The van der Waals surface area contributed by atoms with Crippen molar-refractivity contribution < 1.29 is 23.2 Å². The van der Waals surface area contributed by atoms with E-state index in [2.05, 4.69) is 20.6 Å². The number of anilines is 3. The molecule has 146 valence electrons. The van der Waals surface area contributed by atoms with E-state index in [1.807, 2.05) is 0 Å². The summed E-state index contributed by atoms with van der Waals surface area (Å²) in [5.41, 5.74) is -0.991. The Bertz CT molecular complexity index is 797. The number of hydrogen-bond acceptors (Lipinski definition) is 7. The van der Waals surface area contributed by atoms with Crippen molar-refractivity contribution in [2.45, 2.75) is 26.1 Å². The monoisotopic (exact) mass is 385 g/mol. The maximum Gasteiger partial charge on any atom is 0.433 e. The summed E-state index contributed by atoms with van der Waals surface area (Å²) >= 11 is 0. The summed E-state index contributed by atoms with van der Waals surface area (Å²) in [5.74, 6) is -0.504. The number of benzene rings is 1. The number of halogens is 3. The van der Waals surface area contributed by atoms with Crippen molar-refractivity contribution in [3.8, 4) is 0 Å². The Morgan fingerprint density at radius 1 is 1.22 bits per heavy atom. The van der Waals surface area contributed by atoms with Gasteiger partial charge in [0.1, 0.15) is 5.82 Å². The first-order chi connectivity index (χ1) is 12.6. The normalized spacial score (nSPS) is 12.7. The lowest BCUT2D eigenvalue weighted by atomic mass is 10.1. The number of nitro groups is 1. The van der Waals surface area contributed by atoms with Gasteiger partial charge in [-0.05, 0) is 18.1 Å². The summed E-state index contributed by atoms with van der Waals surface area (Å²) < 4.78 is 39.4. The third-order valence-electron chi connectivity index (χ3n) is 3.68. The highest BCUT2D eigenvalue weighted by molar-refractivity contribution is 5.59. The molecular formula is C16H18F3N5O3. The van der Waals surface area contributed by atoms with Crippen LogP contribution in [0.15, 0.2) is 30.3 Å². The standard InChI is InChI=1S/C16H18F3N5O3/c1-9(2)12(8-25)21-15-22-13(16(17,18)19)7-14(23-15)20-10-3-5-11(6-4-10)24(26)27/h3-7,9,12,25H,8H2,1-2H3,(H2,20,21,22,23)/t12-/m0/s1. The first kappa shape index (κ1) is 20.4. The van der Waals surface area contributed by atoms with Gasteiger partial charge in [-0.3, -0.25) is 10.1 Å². The second-order valence-corrected chi connectivity index (χ2v) is 6.07. The van der Waals surface area contributed by atoms with Gasteiger partial charge in [-0.15, -0.1) is 0 Å². The highest BCUT2D eigenvalue weighted by Gasteiger charge is 2.34. The van der Waals surface area contributed by atoms with E-state index in [0.717, 1.165) is 6.07 Å². The number of non-ortho nitro benzene ring substituents is 1. The summed E-state index contributed by atoms with van der Waals surface area (Å²) in [5, 5.41) is 25.4. The third kappa shape index (κ3) is 5.51. The molecule has 0 amide bonds. The molecule has 11 heteroatoms. The Kier molecular flexibility index (Phi) is 6.16. The van der Waals surface area contributed by atoms with Gasteiger partial charge in [0, 0.05) is 23.9 Å². The van der Waals surface area contributed by atoms with E-state index in [1.54, 1.807) is 13.8 Å². The fourth-order valence-corrected chi connectivity index (χ4v) is 2.12. The lowest BCUT2D eigenvalue weighted by Crippen LogP contribution is -2.30. The highest BCUT2D eigenvalue weighted by Crippen LogP contribution is 2.31. The van der Waals surface area contributed by atoms with E-state index in [1.165, 1.54) is 24.3 Å². The van der Waals surface area contributed by atoms with Gasteiger partial charge in [0.2, 0.25) is 5.95 Å². The smallest absolute Gasteiger partial charge is 0.394 e. The second-order valence-electron chi connectivity index (χ2n) is 6.07. The fourth-order valence-electron chi connectivity index (χ4n) is 2.12. The van der Waals surface area contributed by atoms with Crippen LogP contribution in [0.5, 0.6) is 0 Å². The van der Waals surface area contributed by atoms with Crippen LogP contribution in [0.2, 0.25) is 0 Å². The zero-order chi connectivity index (χ0) is 20.2. The van der Waals surface area contributed by atoms with Crippen molar-refractivity contribution in [2.75, 3.05) is 17.2 Å². The van der Waals surface area contributed by atoms with Gasteiger partial charge >= 0.3 is 6.18 Å². The van der Waals surface area contributed by atoms with Gasteiger partial charge in [0.05, 0.1) is 17.6 Å². The maximum atomic E-state index is 13.1. The Morgan fingerprint density at radius 2 is 1.85 bits per heavy atom. The molecule has 27 heavy (non-hydrogen) atoms. The molecule has 1 aromatic carbocycles. The van der Waals surface area contributed by atoms with E-state index in [-0.39, 0.29) is 30.0 Å². The SMILES string of the molecule is CC(C)[C@H](CO)Nc1nc(Nc2ccc([N+](=O)[O-])cc2)cc(C(F)(F)F)n1. The molecule has 0 unspecified atom stereocenters. The average molecular weight is 385 g/mol. The Hall–Kier alpha value is -2.95. The zero-order valence-electron chi connectivity index (χ0n) is 14.5. The van der Waals surface area contributed by atoms with Gasteiger partial charge < -0.3 is 15.7 Å². The molecule has 0 fully saturated rings. The molecule has 0 bridgehead atoms. The molecule has 0 saturated heterocycles. The van der Waals surface area contributed by atoms with Crippen LogP contribution in [-0.4, -0.2) is 32.6 Å². The summed E-state index contributed by atoms with van der Waals surface area (Å²) in [4.78, 5) is 17.5. The van der Waals surface area contributed by atoms with Crippen LogP contribution >= 0.6 is 0 Å². The molecule has 0 aliphatic carbocycles. The topological polar surface area (TPSA) is 113 Å². The number of aromatic nitrogens is 2. The highest BCUT2D eigenvalue weighted by atomic mass is 19.4. The maximum absolute atomic E-state index is 13.1. The van der Waals surface area contributed by atoms with Crippen LogP contribution in [0.4, 0.5) is 36.3 Å². The molecule has 1 atom stereocenters. The first-order valence-corrected chi connectivity index (χ1v) is 7.95. The number of nitro benzene ring substituents is 1. The minimum absolute atomic E-state index is 0.0702. The van der Waals surface area contributed by atoms with Gasteiger partial charge in [0.25, 0.3) is 5.69 Å². The number of aliphatic hydroxyl groups excluding tert-OH is 1. The molecule has 1 aromatic heterocycles. The minimum Gasteiger partial charge on any atom is -0.394 e. The van der Waals surface area contributed by atoms with E-state index in [9.17, 15) is 28.4 Å². The molecule has 3 N–H and O–H groups in total. The second kappa shape index (κ2) is 8.16. The van der Waals surface area contributed by atoms with E-state index < -0.39 is 22.8 Å². The molecular weight excluding hydrogens is 367 g/mol. The quantitative estimate of drug-likeness (QED) is 0.493. The Morgan fingerprint density at radius 3 is 2.33 bits per heavy atom. The van der Waals surface area contributed by atoms with Crippen LogP contribution in [0, 0.1) is 16.0 Å². The number of nitrogens with zero attached hydrogens (tertiary/aromatic N) is 3. The van der Waals surface area contributed by atoms with Gasteiger partial charge in [0.15, 0.2) is 5.69 Å². The van der Waals surface area contributed by atoms with Crippen molar-refractivity contribution in [1.29, 1.82) is 0 Å². The summed E-state index contributed by atoms with van der Waals surface area (Å²) in [7, 11) is 0. The molecule has 1 heterocycles.